The van der Waals surface area contributed by atoms with Crippen LogP contribution in [0.5, 0.6) is 0 Å². The molecule has 1 heterocycles. The van der Waals surface area contributed by atoms with Crippen molar-refractivity contribution in [3.63, 3.8) is 0 Å². The normalized spacial score (nSPS) is 14.3. The molecule has 0 aliphatic carbocycles. The lowest BCUT2D eigenvalue weighted by molar-refractivity contribution is 0.493. The van der Waals surface area contributed by atoms with E-state index >= 15 is 0 Å². The zero-order chi connectivity index (χ0) is 13.8. The smallest absolute Gasteiger partial charge is 0.109 e. The van der Waals surface area contributed by atoms with Crippen molar-refractivity contribution >= 4 is 27.3 Å². The van der Waals surface area contributed by atoms with Crippen LogP contribution in [0.1, 0.15) is 48.3 Å². The Balaban J connectivity index is 2.03. The minimum atomic E-state index is 0.277. The number of hydrogen-bond acceptors (Lipinski definition) is 3. The van der Waals surface area contributed by atoms with E-state index < -0.39 is 0 Å². The second-order valence-corrected chi connectivity index (χ2v) is 6.75. The Bertz CT molecular complexity index is 538. The minimum Gasteiger partial charge on any atom is -0.302 e. The number of aromatic nitrogens is 1. The number of hydrogen-bond donors (Lipinski definition) is 1. The van der Waals surface area contributed by atoms with Crippen LogP contribution in [0.2, 0.25) is 0 Å². The summed E-state index contributed by atoms with van der Waals surface area (Å²) in [5.41, 5.74) is 1.29. The maximum atomic E-state index is 4.50. The van der Waals surface area contributed by atoms with Gasteiger partial charge in [-0.1, -0.05) is 35.0 Å². The van der Waals surface area contributed by atoms with Crippen molar-refractivity contribution in [2.45, 2.75) is 39.3 Å². The van der Waals surface area contributed by atoms with Gasteiger partial charge in [0, 0.05) is 21.6 Å². The molecule has 2 rings (SSSR count). The summed E-state index contributed by atoms with van der Waals surface area (Å²) in [5, 5.41) is 4.77. The summed E-state index contributed by atoms with van der Waals surface area (Å²) in [6, 6.07) is 9.01. The number of benzene rings is 1. The first-order chi connectivity index (χ1) is 9.10. The van der Waals surface area contributed by atoms with E-state index in [1.165, 1.54) is 15.4 Å². The maximum absolute atomic E-state index is 4.50. The third kappa shape index (κ3) is 3.88. The van der Waals surface area contributed by atoms with Gasteiger partial charge < -0.3 is 5.32 Å². The van der Waals surface area contributed by atoms with E-state index in [4.69, 9.17) is 0 Å². The van der Waals surface area contributed by atoms with Gasteiger partial charge in [0.1, 0.15) is 5.01 Å². The van der Waals surface area contributed by atoms with Gasteiger partial charge in [0.05, 0.1) is 6.04 Å². The Hall–Kier alpha value is -0.710. The van der Waals surface area contributed by atoms with Gasteiger partial charge in [-0.15, -0.1) is 11.3 Å². The molecule has 0 saturated carbocycles. The molecular weight excluding hydrogens is 320 g/mol. The quantitative estimate of drug-likeness (QED) is 0.840. The number of nitrogens with zero attached hydrogens (tertiary/aromatic N) is 1. The van der Waals surface area contributed by atoms with Crippen LogP contribution in [0.25, 0.3) is 0 Å². The van der Waals surface area contributed by atoms with Crippen LogP contribution < -0.4 is 5.32 Å². The Morgan fingerprint density at radius 1 is 1.32 bits per heavy atom. The molecule has 0 aliphatic rings. The molecule has 2 unspecified atom stereocenters. The molecule has 0 amide bonds. The summed E-state index contributed by atoms with van der Waals surface area (Å²) in [7, 11) is 0. The van der Waals surface area contributed by atoms with Crippen molar-refractivity contribution in [1.29, 1.82) is 0 Å². The predicted octanol–water partition coefficient (Wildman–Crippen LogP) is 4.88. The second-order valence-electron chi connectivity index (χ2n) is 4.68. The van der Waals surface area contributed by atoms with E-state index in [1.54, 1.807) is 11.3 Å². The molecule has 0 spiro atoms. The summed E-state index contributed by atoms with van der Waals surface area (Å²) < 4.78 is 1.12. The molecule has 0 bridgehead atoms. The SMILES string of the molecule is CCc1cnc(C(C)NC(C)c2cccc(Br)c2)s1. The van der Waals surface area contributed by atoms with Gasteiger partial charge in [-0.25, -0.2) is 4.98 Å². The van der Waals surface area contributed by atoms with Crippen molar-refractivity contribution in [1.82, 2.24) is 10.3 Å². The number of halogens is 1. The summed E-state index contributed by atoms with van der Waals surface area (Å²) in [6.07, 6.45) is 3.05. The van der Waals surface area contributed by atoms with Crippen molar-refractivity contribution in [3.8, 4) is 0 Å². The van der Waals surface area contributed by atoms with E-state index in [1.807, 2.05) is 12.3 Å². The lowest BCUT2D eigenvalue weighted by Gasteiger charge is -2.19. The summed E-state index contributed by atoms with van der Waals surface area (Å²) >= 11 is 5.31. The van der Waals surface area contributed by atoms with Gasteiger partial charge in [-0.2, -0.15) is 0 Å². The first-order valence-corrected chi connectivity index (χ1v) is 8.17. The summed E-state index contributed by atoms with van der Waals surface area (Å²) in [5.74, 6) is 0. The third-order valence-corrected chi connectivity index (χ3v) is 4.96. The van der Waals surface area contributed by atoms with Gasteiger partial charge in [0.15, 0.2) is 0 Å². The van der Waals surface area contributed by atoms with Crippen LogP contribution in [0.4, 0.5) is 0 Å². The molecule has 1 N–H and O–H groups in total. The summed E-state index contributed by atoms with van der Waals surface area (Å²) in [4.78, 5) is 5.84. The van der Waals surface area contributed by atoms with E-state index in [9.17, 15) is 0 Å². The third-order valence-electron chi connectivity index (χ3n) is 3.14. The van der Waals surface area contributed by atoms with Crippen LogP contribution >= 0.6 is 27.3 Å². The summed E-state index contributed by atoms with van der Waals surface area (Å²) in [6.45, 7) is 6.53. The standard InChI is InChI=1S/C15H19BrN2S/c1-4-14-9-17-15(19-14)11(3)18-10(2)12-6-5-7-13(16)8-12/h5-11,18H,4H2,1-3H3. The zero-order valence-corrected chi connectivity index (χ0v) is 13.9. The van der Waals surface area contributed by atoms with Crippen LogP contribution in [0, 0.1) is 0 Å². The lowest BCUT2D eigenvalue weighted by Crippen LogP contribution is -2.22. The van der Waals surface area contributed by atoms with Crippen LogP contribution in [-0.4, -0.2) is 4.98 Å². The van der Waals surface area contributed by atoms with E-state index in [2.05, 4.69) is 65.2 Å². The van der Waals surface area contributed by atoms with Gasteiger partial charge in [0.2, 0.25) is 0 Å². The first-order valence-electron chi connectivity index (χ1n) is 6.56. The first kappa shape index (κ1) is 14.7. The van der Waals surface area contributed by atoms with Gasteiger partial charge in [0.25, 0.3) is 0 Å². The fourth-order valence-electron chi connectivity index (χ4n) is 2.00. The van der Waals surface area contributed by atoms with Crippen molar-refractivity contribution in [3.05, 3.63) is 50.4 Å². The molecule has 4 heteroatoms. The zero-order valence-electron chi connectivity index (χ0n) is 11.5. The van der Waals surface area contributed by atoms with E-state index in [0.717, 1.165) is 10.9 Å². The van der Waals surface area contributed by atoms with Crippen molar-refractivity contribution < 1.29 is 0 Å². The van der Waals surface area contributed by atoms with Crippen LogP contribution in [0.15, 0.2) is 34.9 Å². The highest BCUT2D eigenvalue weighted by Crippen LogP contribution is 2.24. The number of nitrogens with one attached hydrogen (secondary N) is 1. The molecule has 0 fully saturated rings. The average Bonchev–Trinajstić information content (AvgIpc) is 2.87. The number of thiazole rings is 1. The van der Waals surface area contributed by atoms with Gasteiger partial charge >= 0.3 is 0 Å². The maximum Gasteiger partial charge on any atom is 0.109 e. The van der Waals surface area contributed by atoms with Crippen LogP contribution in [0.3, 0.4) is 0 Å². The average molecular weight is 339 g/mol. The van der Waals surface area contributed by atoms with Crippen molar-refractivity contribution in [2.24, 2.45) is 0 Å². The number of rotatable bonds is 5. The molecule has 2 atom stereocenters. The molecule has 2 nitrogen and oxygen atoms in total. The Morgan fingerprint density at radius 3 is 2.74 bits per heavy atom. The highest BCUT2D eigenvalue weighted by atomic mass is 79.9. The monoisotopic (exact) mass is 338 g/mol. The minimum absolute atomic E-state index is 0.277. The molecule has 2 aromatic rings. The molecule has 1 aromatic carbocycles. The second kappa shape index (κ2) is 6.64. The van der Waals surface area contributed by atoms with E-state index in [0.29, 0.717) is 6.04 Å². The Kier molecular flexibility index (Phi) is 5.13. The lowest BCUT2D eigenvalue weighted by atomic mass is 10.1. The Morgan fingerprint density at radius 2 is 2.11 bits per heavy atom. The molecule has 0 radical (unpaired) electrons. The van der Waals surface area contributed by atoms with Gasteiger partial charge in [-0.05, 0) is 38.0 Å². The topological polar surface area (TPSA) is 24.9 Å². The molecule has 0 saturated heterocycles. The molecule has 102 valence electrons. The predicted molar refractivity (Wildman–Crippen MR) is 85.6 cm³/mol. The Labute approximate surface area is 127 Å². The van der Waals surface area contributed by atoms with E-state index in [-0.39, 0.29) is 6.04 Å². The van der Waals surface area contributed by atoms with Crippen molar-refractivity contribution in [2.75, 3.05) is 0 Å². The fraction of sp³-hybridized carbons (Fsp3) is 0.400. The van der Waals surface area contributed by atoms with Crippen LogP contribution in [-0.2, 0) is 6.42 Å². The molecule has 1 aromatic heterocycles. The number of aryl methyl sites for hydroxylation is 1. The fourth-order valence-corrected chi connectivity index (χ4v) is 3.29. The molecule has 0 aliphatic heterocycles. The highest BCUT2D eigenvalue weighted by Gasteiger charge is 2.14. The largest absolute Gasteiger partial charge is 0.302 e. The molecule has 19 heavy (non-hydrogen) atoms. The highest BCUT2D eigenvalue weighted by molar-refractivity contribution is 9.10. The molecular formula is C15H19BrN2S. The van der Waals surface area contributed by atoms with Gasteiger partial charge in [-0.3, -0.25) is 0 Å².